The molecule has 0 amide bonds. The normalized spacial score (nSPS) is 21.1. The Balaban J connectivity index is 1.87. The fraction of sp³-hybridized carbons (Fsp3) is 0.500. The number of hydrogen-bond acceptors (Lipinski definition) is 3. The Morgan fingerprint density at radius 3 is 2.54 bits per heavy atom. The van der Waals surface area contributed by atoms with Crippen LogP contribution in [0.15, 0.2) is 24.3 Å². The van der Waals surface area contributed by atoms with E-state index in [1.54, 1.807) is 0 Å². The lowest BCUT2D eigenvalue weighted by atomic mass is 9.82. The Labute approximate surface area is 137 Å². The van der Waals surface area contributed by atoms with Gasteiger partial charge in [-0.15, -0.1) is 0 Å². The van der Waals surface area contributed by atoms with E-state index in [4.69, 9.17) is 15.9 Å². The van der Waals surface area contributed by atoms with Gasteiger partial charge in [-0.25, -0.2) is 0 Å². The smallest absolute Gasteiger partial charge is 0.416 e. The number of alkyl halides is 3. The minimum atomic E-state index is -4.47. The Morgan fingerprint density at radius 2 is 1.96 bits per heavy atom. The molecule has 0 radical (unpaired) electrons. The molecule has 8 heteroatoms. The number of hydrogen-bond donors (Lipinski definition) is 3. The molecule has 0 spiro atoms. The molecular formula is C16H20F3N3O2. The van der Waals surface area contributed by atoms with Crippen molar-refractivity contribution in [2.24, 2.45) is 17.6 Å². The number of guanidine groups is 1. The van der Waals surface area contributed by atoms with Crippen LogP contribution in [0.2, 0.25) is 0 Å². The summed E-state index contributed by atoms with van der Waals surface area (Å²) in [4.78, 5) is 12.1. The van der Waals surface area contributed by atoms with Crippen molar-refractivity contribution in [1.29, 1.82) is 5.41 Å². The van der Waals surface area contributed by atoms with Gasteiger partial charge in [0.2, 0.25) is 0 Å². The standard InChI is InChI=1S/C16H20F3N3O2/c17-16(18,19)12-2-1-3-13(8-12)24-14(23)11-6-4-10(5-7-11)9-22-15(20)21/h1-3,8,10-11H,4-7,9H2,(H4,20,21,22)/t10-,11-. The number of benzene rings is 1. The number of carbonyl (C=O) groups excluding carboxylic acids is 1. The first-order valence-electron chi connectivity index (χ1n) is 7.72. The van der Waals surface area contributed by atoms with Gasteiger partial charge in [0.15, 0.2) is 5.96 Å². The van der Waals surface area contributed by atoms with E-state index in [0.29, 0.717) is 25.3 Å². The third-order valence-corrected chi connectivity index (χ3v) is 4.14. The summed E-state index contributed by atoms with van der Waals surface area (Å²) >= 11 is 0. The molecule has 0 saturated heterocycles. The molecule has 1 aromatic rings. The maximum atomic E-state index is 12.7. The molecule has 0 aliphatic heterocycles. The van der Waals surface area contributed by atoms with Crippen LogP contribution in [0, 0.1) is 17.2 Å². The van der Waals surface area contributed by atoms with Crippen molar-refractivity contribution < 1.29 is 22.7 Å². The van der Waals surface area contributed by atoms with Gasteiger partial charge in [-0.3, -0.25) is 10.2 Å². The number of halogens is 3. The number of nitrogens with two attached hydrogens (primary N) is 1. The second-order valence-corrected chi connectivity index (χ2v) is 5.96. The van der Waals surface area contributed by atoms with Gasteiger partial charge >= 0.3 is 12.1 Å². The molecule has 1 saturated carbocycles. The van der Waals surface area contributed by atoms with Crippen molar-refractivity contribution in [3.8, 4) is 5.75 Å². The number of carbonyl (C=O) groups is 1. The molecule has 1 aromatic carbocycles. The van der Waals surface area contributed by atoms with Gasteiger partial charge in [-0.2, -0.15) is 13.2 Å². The van der Waals surface area contributed by atoms with Crippen LogP contribution in [-0.4, -0.2) is 18.5 Å². The Bertz CT molecular complexity index is 596. The molecule has 4 N–H and O–H groups in total. The lowest BCUT2D eigenvalue weighted by molar-refractivity contribution is -0.141. The molecular weight excluding hydrogens is 323 g/mol. The molecule has 0 atom stereocenters. The first kappa shape index (κ1) is 18.1. The van der Waals surface area contributed by atoms with Gasteiger partial charge in [0, 0.05) is 6.54 Å². The van der Waals surface area contributed by atoms with Crippen molar-refractivity contribution in [3.05, 3.63) is 29.8 Å². The summed E-state index contributed by atoms with van der Waals surface area (Å²) in [6.45, 7) is 0.588. The third kappa shape index (κ3) is 5.14. The van der Waals surface area contributed by atoms with Crippen LogP contribution in [0.5, 0.6) is 5.75 Å². The summed E-state index contributed by atoms with van der Waals surface area (Å²) in [5.74, 6) is -0.650. The van der Waals surface area contributed by atoms with Gasteiger partial charge in [-0.05, 0) is 49.8 Å². The molecule has 5 nitrogen and oxygen atoms in total. The van der Waals surface area contributed by atoms with Crippen LogP contribution in [0.3, 0.4) is 0 Å². The average Bonchev–Trinajstić information content (AvgIpc) is 2.53. The van der Waals surface area contributed by atoms with Gasteiger partial charge < -0.3 is 15.8 Å². The molecule has 0 aromatic heterocycles. The molecule has 1 aliphatic rings. The van der Waals surface area contributed by atoms with Crippen molar-refractivity contribution >= 4 is 11.9 Å². The second-order valence-electron chi connectivity index (χ2n) is 5.96. The van der Waals surface area contributed by atoms with Crippen molar-refractivity contribution in [1.82, 2.24) is 5.32 Å². The van der Waals surface area contributed by atoms with Crippen LogP contribution < -0.4 is 15.8 Å². The zero-order chi connectivity index (χ0) is 17.7. The van der Waals surface area contributed by atoms with E-state index in [1.165, 1.54) is 12.1 Å². The Hall–Kier alpha value is -2.25. The summed E-state index contributed by atoms with van der Waals surface area (Å²) in [6, 6.07) is 4.33. The van der Waals surface area contributed by atoms with E-state index in [-0.39, 0.29) is 17.6 Å². The summed E-state index contributed by atoms with van der Waals surface area (Å²) in [7, 11) is 0. The van der Waals surface area contributed by atoms with Gasteiger partial charge in [0.05, 0.1) is 11.5 Å². The highest BCUT2D eigenvalue weighted by Crippen LogP contribution is 2.33. The highest BCUT2D eigenvalue weighted by Gasteiger charge is 2.31. The second kappa shape index (κ2) is 7.55. The maximum absolute atomic E-state index is 12.7. The summed E-state index contributed by atoms with van der Waals surface area (Å²) in [5.41, 5.74) is 4.39. The molecule has 2 rings (SSSR count). The highest BCUT2D eigenvalue weighted by molar-refractivity contribution is 5.75. The summed E-state index contributed by atoms with van der Waals surface area (Å²) in [5, 5.41) is 9.88. The number of esters is 1. The van der Waals surface area contributed by atoms with E-state index >= 15 is 0 Å². The lowest BCUT2D eigenvalue weighted by Crippen LogP contribution is -2.36. The first-order valence-corrected chi connectivity index (χ1v) is 7.72. The molecule has 0 bridgehead atoms. The van der Waals surface area contributed by atoms with Gasteiger partial charge in [0.1, 0.15) is 5.75 Å². The average molecular weight is 343 g/mol. The molecule has 1 fully saturated rings. The minimum absolute atomic E-state index is 0.0823. The quantitative estimate of drug-likeness (QED) is 0.339. The summed E-state index contributed by atoms with van der Waals surface area (Å²) < 4.78 is 43.1. The largest absolute Gasteiger partial charge is 0.426 e. The molecule has 24 heavy (non-hydrogen) atoms. The predicted molar refractivity (Wildman–Crippen MR) is 82.4 cm³/mol. The Kier molecular flexibility index (Phi) is 5.69. The molecule has 0 unspecified atom stereocenters. The Morgan fingerprint density at radius 1 is 1.29 bits per heavy atom. The van der Waals surface area contributed by atoms with Crippen LogP contribution in [0.4, 0.5) is 13.2 Å². The topological polar surface area (TPSA) is 88.2 Å². The minimum Gasteiger partial charge on any atom is -0.426 e. The lowest BCUT2D eigenvalue weighted by Gasteiger charge is -2.27. The van der Waals surface area contributed by atoms with Crippen molar-refractivity contribution in [2.45, 2.75) is 31.9 Å². The maximum Gasteiger partial charge on any atom is 0.416 e. The van der Waals surface area contributed by atoms with Crippen LogP contribution >= 0.6 is 0 Å². The van der Waals surface area contributed by atoms with E-state index in [0.717, 1.165) is 25.0 Å². The number of ether oxygens (including phenoxy) is 1. The number of rotatable bonds is 4. The van der Waals surface area contributed by atoms with Gasteiger partial charge in [-0.1, -0.05) is 6.07 Å². The monoisotopic (exact) mass is 343 g/mol. The zero-order valence-electron chi connectivity index (χ0n) is 13.0. The van der Waals surface area contributed by atoms with Crippen molar-refractivity contribution in [2.75, 3.05) is 6.54 Å². The van der Waals surface area contributed by atoms with Crippen LogP contribution in [0.1, 0.15) is 31.2 Å². The van der Waals surface area contributed by atoms with E-state index in [2.05, 4.69) is 5.32 Å². The SMILES string of the molecule is N=C(N)NC[C@H]1CC[C@H](C(=O)Oc2cccc(C(F)(F)F)c2)CC1. The van der Waals surface area contributed by atoms with E-state index in [1.807, 2.05) is 0 Å². The molecule has 1 aliphatic carbocycles. The van der Waals surface area contributed by atoms with Crippen LogP contribution in [-0.2, 0) is 11.0 Å². The van der Waals surface area contributed by atoms with Crippen molar-refractivity contribution in [3.63, 3.8) is 0 Å². The first-order chi connectivity index (χ1) is 11.3. The third-order valence-electron chi connectivity index (χ3n) is 4.14. The molecule has 0 heterocycles. The molecule has 132 valence electrons. The zero-order valence-corrected chi connectivity index (χ0v) is 13.0. The summed E-state index contributed by atoms with van der Waals surface area (Å²) in [6.07, 6.45) is -1.68. The highest BCUT2D eigenvalue weighted by atomic mass is 19.4. The van der Waals surface area contributed by atoms with Gasteiger partial charge in [0.25, 0.3) is 0 Å². The van der Waals surface area contributed by atoms with Crippen LogP contribution in [0.25, 0.3) is 0 Å². The number of nitrogens with one attached hydrogen (secondary N) is 2. The van der Waals surface area contributed by atoms with E-state index in [9.17, 15) is 18.0 Å². The fourth-order valence-electron chi connectivity index (χ4n) is 2.79. The van der Waals surface area contributed by atoms with E-state index < -0.39 is 17.7 Å². The predicted octanol–water partition coefficient (Wildman–Crippen LogP) is 2.90. The fourth-order valence-corrected chi connectivity index (χ4v) is 2.79.